The minimum atomic E-state index is 0.204. The Kier molecular flexibility index (Phi) is 7.43. The van der Waals surface area contributed by atoms with Gasteiger partial charge < -0.3 is 19.1 Å². The summed E-state index contributed by atoms with van der Waals surface area (Å²) in [5.74, 6) is 2.70. The molecule has 5 heteroatoms. The number of nitrogens with zero attached hydrogens (tertiary/aromatic N) is 2. The highest BCUT2D eigenvalue weighted by atomic mass is 16.5. The highest BCUT2D eigenvalue weighted by Gasteiger charge is 2.31. The Labute approximate surface area is 209 Å². The van der Waals surface area contributed by atoms with Crippen molar-refractivity contribution >= 4 is 11.4 Å². The number of para-hydroxylation sites is 1. The molecule has 1 atom stereocenters. The maximum absolute atomic E-state index is 6.10. The molecule has 1 saturated heterocycles. The van der Waals surface area contributed by atoms with Gasteiger partial charge in [0.1, 0.15) is 23.9 Å². The Bertz CT molecular complexity index is 1080. The maximum Gasteiger partial charge on any atom is 0.142 e. The molecule has 0 N–H and O–H groups in total. The lowest BCUT2D eigenvalue weighted by atomic mass is 9.90. The fraction of sp³-hybridized carbons (Fsp3) is 0.400. The quantitative estimate of drug-likeness (QED) is 0.379. The molecule has 2 aliphatic rings. The van der Waals surface area contributed by atoms with Gasteiger partial charge in [0.15, 0.2) is 0 Å². The zero-order valence-electron chi connectivity index (χ0n) is 20.9. The van der Waals surface area contributed by atoms with Crippen LogP contribution in [0.15, 0.2) is 66.7 Å². The Hall–Kier alpha value is -3.18. The Balaban J connectivity index is 1.40. The zero-order chi connectivity index (χ0) is 24.0. The lowest BCUT2D eigenvalue weighted by molar-refractivity contribution is 0.183. The predicted octanol–water partition coefficient (Wildman–Crippen LogP) is 6.39. The van der Waals surface area contributed by atoms with Crippen LogP contribution in [0.25, 0.3) is 0 Å². The van der Waals surface area contributed by atoms with E-state index in [0.29, 0.717) is 0 Å². The van der Waals surface area contributed by atoms with Crippen LogP contribution in [0.2, 0.25) is 0 Å². The number of likely N-dealkylation sites (tertiary alicyclic amines) is 1. The summed E-state index contributed by atoms with van der Waals surface area (Å²) in [6.45, 7) is 4.13. The van der Waals surface area contributed by atoms with Crippen LogP contribution < -0.4 is 19.1 Å². The van der Waals surface area contributed by atoms with Crippen LogP contribution in [-0.2, 0) is 6.42 Å². The van der Waals surface area contributed by atoms with E-state index in [9.17, 15) is 0 Å². The van der Waals surface area contributed by atoms with Gasteiger partial charge in [-0.3, -0.25) is 4.90 Å². The standard InChI is InChI=1S/C30H36N2O3/c1-33-26-14-9-23(10-15-26)28-18-11-24-7-6-8-29(34-2)30(24)32(28)25-12-16-27(17-13-25)35-22-21-31-19-4-3-5-20-31/h6-10,12-17,28H,3-5,11,18-22H2,1-2H3. The summed E-state index contributed by atoms with van der Waals surface area (Å²) in [5, 5.41) is 0. The molecule has 2 heterocycles. The number of hydrogen-bond acceptors (Lipinski definition) is 5. The Morgan fingerprint density at radius 3 is 2.26 bits per heavy atom. The van der Waals surface area contributed by atoms with E-state index >= 15 is 0 Å². The number of methoxy groups -OCH3 is 2. The van der Waals surface area contributed by atoms with Crippen molar-refractivity contribution in [3.63, 3.8) is 0 Å². The number of benzene rings is 3. The summed E-state index contributed by atoms with van der Waals surface area (Å²) < 4.78 is 17.3. The van der Waals surface area contributed by atoms with Gasteiger partial charge in [0.25, 0.3) is 0 Å². The van der Waals surface area contributed by atoms with E-state index < -0.39 is 0 Å². The van der Waals surface area contributed by atoms with Crippen molar-refractivity contribution in [3.8, 4) is 17.2 Å². The van der Waals surface area contributed by atoms with Crippen LogP contribution >= 0.6 is 0 Å². The van der Waals surface area contributed by atoms with Crippen LogP contribution in [0.5, 0.6) is 17.2 Å². The van der Waals surface area contributed by atoms with Crippen molar-refractivity contribution in [2.24, 2.45) is 0 Å². The number of piperidine rings is 1. The largest absolute Gasteiger partial charge is 0.497 e. The van der Waals surface area contributed by atoms with E-state index in [-0.39, 0.29) is 6.04 Å². The number of fused-ring (bicyclic) bond motifs is 1. The van der Waals surface area contributed by atoms with Crippen molar-refractivity contribution in [1.29, 1.82) is 0 Å². The minimum Gasteiger partial charge on any atom is -0.497 e. The van der Waals surface area contributed by atoms with Gasteiger partial charge in [-0.25, -0.2) is 0 Å². The third-order valence-electron chi connectivity index (χ3n) is 7.28. The number of ether oxygens (including phenoxy) is 3. The van der Waals surface area contributed by atoms with E-state index in [1.165, 1.54) is 43.5 Å². The van der Waals surface area contributed by atoms with E-state index in [1.807, 2.05) is 12.1 Å². The molecule has 184 valence electrons. The Morgan fingerprint density at radius 2 is 1.54 bits per heavy atom. The molecule has 5 nitrogen and oxygen atoms in total. The second kappa shape index (κ2) is 11.0. The van der Waals surface area contributed by atoms with Crippen molar-refractivity contribution < 1.29 is 14.2 Å². The smallest absolute Gasteiger partial charge is 0.142 e. The lowest BCUT2D eigenvalue weighted by Gasteiger charge is -2.40. The molecule has 5 rings (SSSR count). The molecule has 3 aromatic carbocycles. The van der Waals surface area contributed by atoms with Crippen molar-refractivity contribution in [2.45, 2.75) is 38.1 Å². The van der Waals surface area contributed by atoms with Crippen molar-refractivity contribution in [2.75, 3.05) is 45.4 Å². The summed E-state index contributed by atoms with van der Waals surface area (Å²) in [6.07, 6.45) is 6.02. The third kappa shape index (κ3) is 5.25. The van der Waals surface area contributed by atoms with Gasteiger partial charge in [-0.2, -0.15) is 0 Å². The Morgan fingerprint density at radius 1 is 0.800 bits per heavy atom. The third-order valence-corrected chi connectivity index (χ3v) is 7.28. The average molecular weight is 473 g/mol. The van der Waals surface area contributed by atoms with Gasteiger partial charge in [-0.05, 0) is 92.4 Å². The van der Waals surface area contributed by atoms with E-state index in [2.05, 4.69) is 64.4 Å². The molecule has 0 spiro atoms. The molecule has 0 amide bonds. The molecular weight excluding hydrogens is 436 g/mol. The molecule has 0 aromatic heterocycles. The first kappa shape index (κ1) is 23.6. The molecule has 0 saturated carbocycles. The van der Waals surface area contributed by atoms with Crippen molar-refractivity contribution in [1.82, 2.24) is 4.90 Å². The molecular formula is C30H36N2O3. The minimum absolute atomic E-state index is 0.204. The summed E-state index contributed by atoms with van der Waals surface area (Å²) in [7, 11) is 3.46. The van der Waals surface area contributed by atoms with Crippen LogP contribution in [0, 0.1) is 0 Å². The summed E-state index contributed by atoms with van der Waals surface area (Å²) >= 11 is 0. The molecule has 1 unspecified atom stereocenters. The van der Waals surface area contributed by atoms with Gasteiger partial charge in [0, 0.05) is 12.2 Å². The van der Waals surface area contributed by atoms with Crippen LogP contribution in [-0.4, -0.2) is 45.4 Å². The van der Waals surface area contributed by atoms with Gasteiger partial charge in [0.2, 0.25) is 0 Å². The van der Waals surface area contributed by atoms with Crippen LogP contribution in [0.3, 0.4) is 0 Å². The highest BCUT2D eigenvalue weighted by molar-refractivity contribution is 5.75. The predicted molar refractivity (Wildman–Crippen MR) is 141 cm³/mol. The van der Waals surface area contributed by atoms with Crippen LogP contribution in [0.4, 0.5) is 11.4 Å². The number of anilines is 2. The van der Waals surface area contributed by atoms with Crippen molar-refractivity contribution in [3.05, 3.63) is 77.9 Å². The number of hydrogen-bond donors (Lipinski definition) is 0. The SMILES string of the molecule is COc1ccc(C2CCc3cccc(OC)c3N2c2ccc(OCCN3CCCCC3)cc2)cc1. The summed E-state index contributed by atoms with van der Waals surface area (Å²) in [4.78, 5) is 4.94. The second-order valence-corrected chi connectivity index (χ2v) is 9.41. The van der Waals surface area contributed by atoms with Gasteiger partial charge in [0.05, 0.1) is 25.9 Å². The summed E-state index contributed by atoms with van der Waals surface area (Å²) in [5.41, 5.74) is 4.88. The molecule has 35 heavy (non-hydrogen) atoms. The normalized spacial score (nSPS) is 18.1. The molecule has 0 bridgehead atoms. The molecule has 1 fully saturated rings. The zero-order valence-corrected chi connectivity index (χ0v) is 20.9. The van der Waals surface area contributed by atoms with E-state index in [4.69, 9.17) is 14.2 Å². The maximum atomic E-state index is 6.10. The first-order valence-corrected chi connectivity index (χ1v) is 12.8. The fourth-order valence-corrected chi connectivity index (χ4v) is 5.41. The van der Waals surface area contributed by atoms with Crippen LogP contribution in [0.1, 0.15) is 42.9 Å². The molecule has 3 aromatic rings. The average Bonchev–Trinajstić information content (AvgIpc) is 2.93. The summed E-state index contributed by atoms with van der Waals surface area (Å²) in [6, 6.07) is 23.6. The van der Waals surface area contributed by atoms with E-state index in [0.717, 1.165) is 54.6 Å². The molecule has 2 aliphatic heterocycles. The second-order valence-electron chi connectivity index (χ2n) is 9.41. The number of rotatable bonds is 8. The lowest BCUT2D eigenvalue weighted by Crippen LogP contribution is -2.33. The first-order valence-electron chi connectivity index (χ1n) is 12.8. The molecule has 0 radical (unpaired) electrons. The van der Waals surface area contributed by atoms with E-state index in [1.54, 1.807) is 14.2 Å². The topological polar surface area (TPSA) is 34.2 Å². The fourth-order valence-electron chi connectivity index (χ4n) is 5.41. The number of aryl methyl sites for hydroxylation is 1. The first-order chi connectivity index (χ1) is 17.3. The van der Waals surface area contributed by atoms with Gasteiger partial charge >= 0.3 is 0 Å². The van der Waals surface area contributed by atoms with Gasteiger partial charge in [-0.1, -0.05) is 30.7 Å². The van der Waals surface area contributed by atoms with Gasteiger partial charge in [-0.15, -0.1) is 0 Å². The highest BCUT2D eigenvalue weighted by Crippen LogP contribution is 2.48. The monoisotopic (exact) mass is 472 g/mol. The molecule has 0 aliphatic carbocycles.